The highest BCUT2D eigenvalue weighted by Gasteiger charge is 2.17. The molecule has 0 radical (unpaired) electrons. The van der Waals surface area contributed by atoms with Crippen LogP contribution in [-0.2, 0) is 4.79 Å². The number of carbonyl (C=O) groups excluding carboxylic acids is 2. The summed E-state index contributed by atoms with van der Waals surface area (Å²) in [6.07, 6.45) is 2.63. The molecule has 0 bridgehead atoms. The summed E-state index contributed by atoms with van der Waals surface area (Å²) in [5, 5.41) is 9.03. The van der Waals surface area contributed by atoms with Gasteiger partial charge in [-0.2, -0.15) is 0 Å². The molecule has 7 heteroatoms. The summed E-state index contributed by atoms with van der Waals surface area (Å²) in [5.41, 5.74) is 1.92. The van der Waals surface area contributed by atoms with E-state index in [1.165, 1.54) is 0 Å². The SMILES string of the molecule is CCOc1ccc(NC(=O)c2ccc(NC(=O)CC3CCCN3)cc2)cc1.Cl. The molecule has 0 aromatic heterocycles. The zero-order chi connectivity index (χ0) is 19.1. The van der Waals surface area contributed by atoms with Gasteiger partial charge in [0, 0.05) is 29.4 Å². The Morgan fingerprint density at radius 1 is 1.04 bits per heavy atom. The summed E-state index contributed by atoms with van der Waals surface area (Å²) in [6, 6.07) is 14.4. The van der Waals surface area contributed by atoms with E-state index in [4.69, 9.17) is 4.74 Å². The van der Waals surface area contributed by atoms with E-state index in [1.807, 2.05) is 19.1 Å². The van der Waals surface area contributed by atoms with Gasteiger partial charge in [0.2, 0.25) is 5.91 Å². The van der Waals surface area contributed by atoms with Crippen molar-refractivity contribution in [1.29, 1.82) is 0 Å². The Balaban J connectivity index is 0.00000280. The maximum atomic E-state index is 12.4. The fourth-order valence-electron chi connectivity index (χ4n) is 3.08. The maximum Gasteiger partial charge on any atom is 0.255 e. The number of anilines is 2. The Bertz CT molecular complexity index is 772. The second kappa shape index (κ2) is 10.7. The van der Waals surface area contributed by atoms with Crippen LogP contribution in [0.1, 0.15) is 36.5 Å². The van der Waals surface area contributed by atoms with Crippen LogP contribution < -0.4 is 20.7 Å². The molecule has 2 aromatic rings. The van der Waals surface area contributed by atoms with Gasteiger partial charge in [-0.3, -0.25) is 9.59 Å². The fourth-order valence-corrected chi connectivity index (χ4v) is 3.08. The lowest BCUT2D eigenvalue weighted by Crippen LogP contribution is -2.27. The summed E-state index contributed by atoms with van der Waals surface area (Å²) < 4.78 is 5.39. The lowest BCUT2D eigenvalue weighted by Gasteiger charge is -2.11. The topological polar surface area (TPSA) is 79.5 Å². The molecular weight excluding hydrogens is 378 g/mol. The summed E-state index contributed by atoms with van der Waals surface area (Å²) in [4.78, 5) is 24.4. The first-order valence-corrected chi connectivity index (χ1v) is 9.31. The molecule has 1 heterocycles. The second-order valence-electron chi connectivity index (χ2n) is 6.53. The number of rotatable bonds is 7. The van der Waals surface area contributed by atoms with Crippen LogP contribution in [0.3, 0.4) is 0 Å². The minimum absolute atomic E-state index is 0. The number of nitrogens with one attached hydrogen (secondary N) is 3. The van der Waals surface area contributed by atoms with Crippen molar-refractivity contribution in [3.8, 4) is 5.75 Å². The first-order chi connectivity index (χ1) is 13.1. The van der Waals surface area contributed by atoms with Crippen LogP contribution in [0.25, 0.3) is 0 Å². The number of halogens is 1. The van der Waals surface area contributed by atoms with Crippen molar-refractivity contribution in [3.63, 3.8) is 0 Å². The van der Waals surface area contributed by atoms with Gasteiger partial charge in [-0.1, -0.05) is 0 Å². The van der Waals surface area contributed by atoms with Crippen molar-refractivity contribution in [3.05, 3.63) is 54.1 Å². The number of hydrogen-bond donors (Lipinski definition) is 3. The average Bonchev–Trinajstić information content (AvgIpc) is 3.17. The quantitative estimate of drug-likeness (QED) is 0.656. The van der Waals surface area contributed by atoms with Crippen LogP contribution in [0.4, 0.5) is 11.4 Å². The van der Waals surface area contributed by atoms with Gasteiger partial charge < -0.3 is 20.7 Å². The zero-order valence-electron chi connectivity index (χ0n) is 15.9. The zero-order valence-corrected chi connectivity index (χ0v) is 16.7. The second-order valence-corrected chi connectivity index (χ2v) is 6.53. The lowest BCUT2D eigenvalue weighted by atomic mass is 10.1. The third-order valence-electron chi connectivity index (χ3n) is 4.45. The van der Waals surface area contributed by atoms with E-state index in [1.54, 1.807) is 36.4 Å². The molecule has 1 aliphatic heterocycles. The van der Waals surface area contributed by atoms with Crippen LogP contribution in [0.5, 0.6) is 5.75 Å². The molecule has 0 aliphatic carbocycles. The minimum atomic E-state index is -0.202. The third kappa shape index (κ3) is 6.25. The molecule has 1 unspecified atom stereocenters. The standard InChI is InChI=1S/C21H25N3O3.ClH/c1-2-27-19-11-9-17(10-12-19)24-21(26)15-5-7-16(8-6-15)23-20(25)14-18-4-3-13-22-18;/h5-12,18,22H,2-4,13-14H2,1H3,(H,23,25)(H,24,26);1H. The molecule has 0 saturated carbocycles. The van der Waals surface area contributed by atoms with E-state index < -0.39 is 0 Å². The Kier molecular flexibility index (Phi) is 8.29. The fraction of sp³-hybridized carbons (Fsp3) is 0.333. The minimum Gasteiger partial charge on any atom is -0.494 e. The third-order valence-corrected chi connectivity index (χ3v) is 4.45. The number of carbonyl (C=O) groups is 2. The predicted molar refractivity (Wildman–Crippen MR) is 114 cm³/mol. The molecule has 1 saturated heterocycles. The normalized spacial score (nSPS) is 15.4. The Labute approximate surface area is 171 Å². The van der Waals surface area contributed by atoms with Crippen molar-refractivity contribution in [1.82, 2.24) is 5.32 Å². The number of benzene rings is 2. The number of amides is 2. The monoisotopic (exact) mass is 403 g/mol. The summed E-state index contributed by atoms with van der Waals surface area (Å²) in [6.45, 7) is 3.51. The van der Waals surface area contributed by atoms with Crippen molar-refractivity contribution >= 4 is 35.6 Å². The first-order valence-electron chi connectivity index (χ1n) is 9.31. The van der Waals surface area contributed by atoms with E-state index in [0.717, 1.165) is 25.1 Å². The van der Waals surface area contributed by atoms with Crippen molar-refractivity contribution in [2.24, 2.45) is 0 Å². The number of hydrogen-bond acceptors (Lipinski definition) is 4. The van der Waals surface area contributed by atoms with Crippen LogP contribution >= 0.6 is 12.4 Å². The smallest absolute Gasteiger partial charge is 0.255 e. The molecule has 1 atom stereocenters. The maximum absolute atomic E-state index is 12.4. The van der Waals surface area contributed by atoms with Crippen LogP contribution in [-0.4, -0.2) is 31.0 Å². The van der Waals surface area contributed by atoms with E-state index >= 15 is 0 Å². The van der Waals surface area contributed by atoms with Crippen molar-refractivity contribution in [2.45, 2.75) is 32.2 Å². The molecule has 2 aromatic carbocycles. The molecule has 0 spiro atoms. The molecule has 3 rings (SSSR count). The Morgan fingerprint density at radius 3 is 2.29 bits per heavy atom. The first kappa shape index (κ1) is 21.7. The van der Waals surface area contributed by atoms with Gasteiger partial charge in [0.25, 0.3) is 5.91 Å². The van der Waals surface area contributed by atoms with Crippen molar-refractivity contribution in [2.75, 3.05) is 23.8 Å². The summed E-state index contributed by atoms with van der Waals surface area (Å²) in [5.74, 6) is 0.552. The average molecular weight is 404 g/mol. The van der Waals surface area contributed by atoms with Crippen LogP contribution in [0, 0.1) is 0 Å². The van der Waals surface area contributed by atoms with Crippen LogP contribution in [0.2, 0.25) is 0 Å². The molecule has 1 fully saturated rings. The Hall–Kier alpha value is -2.57. The van der Waals surface area contributed by atoms with E-state index in [-0.39, 0.29) is 30.3 Å². The van der Waals surface area contributed by atoms with Crippen LogP contribution in [0.15, 0.2) is 48.5 Å². The number of ether oxygens (including phenoxy) is 1. The van der Waals surface area contributed by atoms with Gasteiger partial charge >= 0.3 is 0 Å². The molecule has 3 N–H and O–H groups in total. The molecule has 28 heavy (non-hydrogen) atoms. The highest BCUT2D eigenvalue weighted by Crippen LogP contribution is 2.17. The van der Waals surface area contributed by atoms with Gasteiger partial charge in [0.15, 0.2) is 0 Å². The van der Waals surface area contributed by atoms with Gasteiger partial charge in [-0.15, -0.1) is 12.4 Å². The summed E-state index contributed by atoms with van der Waals surface area (Å²) in [7, 11) is 0. The predicted octanol–water partition coefficient (Wildman–Crippen LogP) is 3.84. The highest BCUT2D eigenvalue weighted by atomic mass is 35.5. The van der Waals surface area contributed by atoms with Gasteiger partial charge in [0.1, 0.15) is 5.75 Å². The highest BCUT2D eigenvalue weighted by molar-refractivity contribution is 6.04. The molecule has 2 amide bonds. The largest absolute Gasteiger partial charge is 0.494 e. The molecular formula is C21H26ClN3O3. The van der Waals surface area contributed by atoms with Crippen molar-refractivity contribution < 1.29 is 14.3 Å². The lowest BCUT2D eigenvalue weighted by molar-refractivity contribution is -0.116. The summed E-state index contributed by atoms with van der Waals surface area (Å²) >= 11 is 0. The molecule has 1 aliphatic rings. The van der Waals surface area contributed by atoms with E-state index in [9.17, 15) is 9.59 Å². The van der Waals surface area contributed by atoms with Gasteiger partial charge in [0.05, 0.1) is 6.61 Å². The van der Waals surface area contributed by atoms with E-state index in [0.29, 0.717) is 30.0 Å². The van der Waals surface area contributed by atoms with Gasteiger partial charge in [-0.25, -0.2) is 0 Å². The van der Waals surface area contributed by atoms with E-state index in [2.05, 4.69) is 16.0 Å². The Morgan fingerprint density at radius 2 is 1.68 bits per heavy atom. The molecule has 6 nitrogen and oxygen atoms in total. The van der Waals surface area contributed by atoms with Gasteiger partial charge in [-0.05, 0) is 74.8 Å². The molecule has 150 valence electrons.